The van der Waals surface area contributed by atoms with Crippen LogP contribution >= 0.6 is 0 Å². The van der Waals surface area contributed by atoms with Gasteiger partial charge in [0.05, 0.1) is 20.4 Å². The summed E-state index contributed by atoms with van der Waals surface area (Å²) in [6, 6.07) is 5.63. The Morgan fingerprint density at radius 1 is 1.23 bits per heavy atom. The Morgan fingerprint density at radius 2 is 2.00 bits per heavy atom. The molecule has 0 aromatic carbocycles. The van der Waals surface area contributed by atoms with Gasteiger partial charge in [-0.25, -0.2) is 18.2 Å². The summed E-state index contributed by atoms with van der Waals surface area (Å²) in [4.78, 5) is 19.0. The third kappa shape index (κ3) is 3.50. The molecule has 0 spiro atoms. The van der Waals surface area contributed by atoms with E-state index in [4.69, 9.17) is 4.74 Å². The van der Waals surface area contributed by atoms with Crippen molar-refractivity contribution in [3.05, 3.63) is 42.4 Å². The second-order valence-corrected chi connectivity index (χ2v) is 5.75. The van der Waals surface area contributed by atoms with Gasteiger partial charge in [-0.05, 0) is 12.1 Å². The number of aromatic nitrogens is 2. The van der Waals surface area contributed by atoms with Crippen molar-refractivity contribution in [2.45, 2.75) is 4.90 Å². The van der Waals surface area contributed by atoms with Gasteiger partial charge in [0.1, 0.15) is 16.5 Å². The fourth-order valence-electron chi connectivity index (χ4n) is 1.56. The van der Waals surface area contributed by atoms with Gasteiger partial charge in [0, 0.05) is 12.3 Å². The molecule has 0 bridgehead atoms. The number of rotatable bonds is 5. The third-order valence-corrected chi connectivity index (χ3v) is 3.94. The van der Waals surface area contributed by atoms with Crippen molar-refractivity contribution in [1.82, 2.24) is 9.97 Å². The maximum atomic E-state index is 12.3. The number of hydrogen-bond donors (Lipinski definition) is 1. The predicted octanol–water partition coefficient (Wildman–Crippen LogP) is 1.07. The van der Waals surface area contributed by atoms with Gasteiger partial charge in [-0.2, -0.15) is 0 Å². The number of carbonyl (C=O) groups is 1. The number of sulfonamides is 1. The molecule has 2 aromatic rings. The lowest BCUT2D eigenvalue weighted by Gasteiger charge is -2.08. The largest absolute Gasteiger partial charge is 0.495 e. The zero-order valence-electron chi connectivity index (χ0n) is 11.8. The van der Waals surface area contributed by atoms with Crippen molar-refractivity contribution in [3.63, 3.8) is 0 Å². The number of carbonyl (C=O) groups excluding carboxylic acids is 1. The van der Waals surface area contributed by atoms with E-state index in [0.29, 0.717) is 5.75 Å². The summed E-state index contributed by atoms with van der Waals surface area (Å²) in [6.07, 6.45) is 2.56. The maximum absolute atomic E-state index is 12.3. The molecule has 116 valence electrons. The van der Waals surface area contributed by atoms with Crippen molar-refractivity contribution < 1.29 is 22.7 Å². The van der Waals surface area contributed by atoms with Gasteiger partial charge in [-0.15, -0.1) is 0 Å². The van der Waals surface area contributed by atoms with Crippen LogP contribution in [0.2, 0.25) is 0 Å². The van der Waals surface area contributed by atoms with E-state index in [9.17, 15) is 13.2 Å². The van der Waals surface area contributed by atoms with E-state index in [1.807, 2.05) is 0 Å². The van der Waals surface area contributed by atoms with Crippen LogP contribution in [0.25, 0.3) is 0 Å². The van der Waals surface area contributed by atoms with E-state index in [2.05, 4.69) is 19.4 Å². The molecule has 2 rings (SSSR count). The molecule has 0 atom stereocenters. The minimum atomic E-state index is -3.90. The predicted molar refractivity (Wildman–Crippen MR) is 77.2 cm³/mol. The number of methoxy groups -OCH3 is 2. The topological polar surface area (TPSA) is 107 Å². The Hall–Kier alpha value is -2.68. The Morgan fingerprint density at radius 3 is 2.68 bits per heavy atom. The Kier molecular flexibility index (Phi) is 4.56. The van der Waals surface area contributed by atoms with Crippen LogP contribution in [0, 0.1) is 0 Å². The summed E-state index contributed by atoms with van der Waals surface area (Å²) >= 11 is 0. The number of ether oxygens (including phenoxy) is 2. The summed E-state index contributed by atoms with van der Waals surface area (Å²) in [5, 5.41) is 0. The lowest BCUT2D eigenvalue weighted by molar-refractivity contribution is 0.0594. The van der Waals surface area contributed by atoms with E-state index >= 15 is 0 Å². The van der Waals surface area contributed by atoms with Crippen molar-refractivity contribution in [2.75, 3.05) is 18.9 Å². The summed E-state index contributed by atoms with van der Waals surface area (Å²) < 4.78 is 36.2. The van der Waals surface area contributed by atoms with E-state index in [1.165, 1.54) is 50.9 Å². The quantitative estimate of drug-likeness (QED) is 0.820. The van der Waals surface area contributed by atoms with Crippen molar-refractivity contribution >= 4 is 21.8 Å². The monoisotopic (exact) mass is 323 g/mol. The molecular weight excluding hydrogens is 310 g/mol. The summed E-state index contributed by atoms with van der Waals surface area (Å²) in [7, 11) is -1.29. The molecular formula is C13H13N3O5S. The van der Waals surface area contributed by atoms with Crippen LogP contribution < -0.4 is 9.46 Å². The van der Waals surface area contributed by atoms with Gasteiger partial charge in [0.25, 0.3) is 10.0 Å². The van der Waals surface area contributed by atoms with Crippen LogP contribution in [-0.4, -0.2) is 38.6 Å². The van der Waals surface area contributed by atoms with E-state index in [1.54, 1.807) is 0 Å². The fraction of sp³-hybridized carbons (Fsp3) is 0.154. The molecule has 0 aliphatic rings. The lowest BCUT2D eigenvalue weighted by Crippen LogP contribution is -2.15. The zero-order valence-corrected chi connectivity index (χ0v) is 12.6. The highest BCUT2D eigenvalue weighted by Crippen LogP contribution is 2.18. The molecule has 0 amide bonds. The molecule has 0 aliphatic carbocycles. The first-order chi connectivity index (χ1) is 10.5. The molecule has 8 nitrogen and oxygen atoms in total. The second-order valence-electron chi connectivity index (χ2n) is 4.07. The lowest BCUT2D eigenvalue weighted by atomic mass is 10.3. The van der Waals surface area contributed by atoms with Crippen LogP contribution in [0.3, 0.4) is 0 Å². The van der Waals surface area contributed by atoms with Gasteiger partial charge in [0.2, 0.25) is 0 Å². The van der Waals surface area contributed by atoms with Gasteiger partial charge in [-0.1, -0.05) is 6.07 Å². The molecule has 0 aliphatic heterocycles. The Balaban J connectivity index is 2.30. The molecule has 0 radical (unpaired) electrons. The first-order valence-electron chi connectivity index (χ1n) is 6.03. The van der Waals surface area contributed by atoms with E-state index < -0.39 is 16.0 Å². The van der Waals surface area contributed by atoms with Crippen LogP contribution in [0.4, 0.5) is 5.82 Å². The molecule has 0 unspecified atom stereocenters. The number of anilines is 1. The normalized spacial score (nSPS) is 10.8. The molecule has 9 heteroatoms. The van der Waals surface area contributed by atoms with Crippen molar-refractivity contribution in [2.24, 2.45) is 0 Å². The maximum Gasteiger partial charge on any atom is 0.356 e. The van der Waals surface area contributed by atoms with Gasteiger partial charge in [0.15, 0.2) is 5.69 Å². The van der Waals surface area contributed by atoms with Crippen LogP contribution in [-0.2, 0) is 14.8 Å². The number of esters is 1. The number of nitrogens with zero attached hydrogens (tertiary/aromatic N) is 2. The van der Waals surface area contributed by atoms with Crippen molar-refractivity contribution in [1.29, 1.82) is 0 Å². The van der Waals surface area contributed by atoms with Crippen LogP contribution in [0.15, 0.2) is 41.6 Å². The van der Waals surface area contributed by atoms with Gasteiger partial charge in [-0.3, -0.25) is 9.71 Å². The molecule has 2 aromatic heterocycles. The first-order valence-corrected chi connectivity index (χ1v) is 7.52. The molecule has 2 heterocycles. The minimum Gasteiger partial charge on any atom is -0.495 e. The minimum absolute atomic E-state index is 0.00790. The Bertz CT molecular complexity index is 792. The highest BCUT2D eigenvalue weighted by molar-refractivity contribution is 7.92. The van der Waals surface area contributed by atoms with Crippen LogP contribution in [0.1, 0.15) is 10.5 Å². The van der Waals surface area contributed by atoms with Gasteiger partial charge < -0.3 is 9.47 Å². The second kappa shape index (κ2) is 6.39. The first kappa shape index (κ1) is 15.7. The average Bonchev–Trinajstić information content (AvgIpc) is 2.54. The molecule has 0 saturated heterocycles. The standard InChI is InChI=1S/C13H13N3O5S/c1-20-9-6-10(8-14-7-9)22(18,19)16-12-5-3-4-11(15-12)13(17)21-2/h3-8H,1-2H3,(H,15,16). The Labute approximate surface area is 127 Å². The molecule has 0 saturated carbocycles. The zero-order chi connectivity index (χ0) is 16.2. The SMILES string of the molecule is COC(=O)c1cccc(NS(=O)(=O)c2cncc(OC)c2)n1. The fourth-order valence-corrected chi connectivity index (χ4v) is 2.54. The number of hydrogen-bond acceptors (Lipinski definition) is 7. The summed E-state index contributed by atoms with van der Waals surface area (Å²) in [5.74, 6) is -0.367. The van der Waals surface area contributed by atoms with E-state index in [-0.39, 0.29) is 16.4 Å². The summed E-state index contributed by atoms with van der Waals surface area (Å²) in [5.41, 5.74) is -0.00790. The summed E-state index contributed by atoms with van der Waals surface area (Å²) in [6.45, 7) is 0. The highest BCUT2D eigenvalue weighted by Gasteiger charge is 2.17. The van der Waals surface area contributed by atoms with E-state index in [0.717, 1.165) is 0 Å². The number of nitrogens with one attached hydrogen (secondary N) is 1. The molecule has 22 heavy (non-hydrogen) atoms. The molecule has 0 fully saturated rings. The third-order valence-electron chi connectivity index (χ3n) is 2.62. The smallest absolute Gasteiger partial charge is 0.356 e. The number of pyridine rings is 2. The van der Waals surface area contributed by atoms with Crippen LogP contribution in [0.5, 0.6) is 5.75 Å². The average molecular weight is 323 g/mol. The van der Waals surface area contributed by atoms with Crippen molar-refractivity contribution in [3.8, 4) is 5.75 Å². The highest BCUT2D eigenvalue weighted by atomic mass is 32.2. The molecule has 1 N–H and O–H groups in total. The van der Waals surface area contributed by atoms with Gasteiger partial charge >= 0.3 is 5.97 Å².